The Labute approximate surface area is 150 Å². The van der Waals surface area contributed by atoms with Crippen molar-refractivity contribution in [3.8, 4) is 11.3 Å². The van der Waals surface area contributed by atoms with E-state index in [0.717, 1.165) is 16.8 Å². The molecule has 130 valence electrons. The molecule has 7 heteroatoms. The maximum atomic E-state index is 12.8. The zero-order chi connectivity index (χ0) is 18.1. The van der Waals surface area contributed by atoms with E-state index in [4.69, 9.17) is 16.1 Å². The molecule has 1 amide bonds. The molecule has 1 aromatic carbocycles. The van der Waals surface area contributed by atoms with Gasteiger partial charge in [0, 0.05) is 29.4 Å². The Morgan fingerprint density at radius 3 is 2.56 bits per heavy atom. The molecule has 0 radical (unpaired) electrons. The summed E-state index contributed by atoms with van der Waals surface area (Å²) in [4.78, 5) is 12.8. The van der Waals surface area contributed by atoms with Gasteiger partial charge in [0.05, 0.1) is 11.7 Å². The molecule has 6 nitrogen and oxygen atoms in total. The highest BCUT2D eigenvalue weighted by Crippen LogP contribution is 2.27. The summed E-state index contributed by atoms with van der Waals surface area (Å²) in [6.45, 7) is 5.57. The summed E-state index contributed by atoms with van der Waals surface area (Å²) in [5.41, 5.74) is 3.56. The van der Waals surface area contributed by atoms with E-state index in [1.54, 1.807) is 23.7 Å². The minimum absolute atomic E-state index is 0.187. The fourth-order valence-electron chi connectivity index (χ4n) is 2.83. The van der Waals surface area contributed by atoms with Crippen LogP contribution >= 0.6 is 11.6 Å². The van der Waals surface area contributed by atoms with Crippen LogP contribution in [0.25, 0.3) is 11.3 Å². The topological polar surface area (TPSA) is 73.0 Å². The van der Waals surface area contributed by atoms with Crippen molar-refractivity contribution >= 4 is 17.5 Å². The van der Waals surface area contributed by atoms with Gasteiger partial charge in [0.2, 0.25) is 0 Å². The van der Waals surface area contributed by atoms with E-state index in [9.17, 15) is 4.79 Å². The van der Waals surface area contributed by atoms with Crippen LogP contribution in [0.15, 0.2) is 35.0 Å². The number of benzene rings is 1. The highest BCUT2D eigenvalue weighted by Gasteiger charge is 2.24. The van der Waals surface area contributed by atoms with E-state index in [-0.39, 0.29) is 11.9 Å². The third kappa shape index (κ3) is 3.44. The largest absolute Gasteiger partial charge is 0.360 e. The van der Waals surface area contributed by atoms with E-state index in [1.807, 2.05) is 39.2 Å². The summed E-state index contributed by atoms with van der Waals surface area (Å²) in [5.74, 6) is 0.233. The number of aryl methyl sites for hydroxylation is 3. The van der Waals surface area contributed by atoms with Crippen LogP contribution in [0.3, 0.4) is 0 Å². The second-order valence-electron chi connectivity index (χ2n) is 6.01. The normalized spacial score (nSPS) is 12.2. The molecular weight excluding hydrogens is 340 g/mol. The van der Waals surface area contributed by atoms with Gasteiger partial charge in [-0.15, -0.1) is 0 Å². The van der Waals surface area contributed by atoms with Crippen molar-refractivity contribution in [1.29, 1.82) is 0 Å². The van der Waals surface area contributed by atoms with Gasteiger partial charge in [-0.25, -0.2) is 0 Å². The number of nitrogens with one attached hydrogen (secondary N) is 1. The van der Waals surface area contributed by atoms with Crippen molar-refractivity contribution in [2.24, 2.45) is 7.05 Å². The number of carbonyl (C=O) groups excluding carboxylic acids is 1. The Morgan fingerprint density at radius 2 is 1.96 bits per heavy atom. The molecule has 1 N–H and O–H groups in total. The number of halogens is 1. The van der Waals surface area contributed by atoms with Crippen molar-refractivity contribution in [1.82, 2.24) is 20.3 Å². The number of rotatable bonds is 4. The highest BCUT2D eigenvalue weighted by molar-refractivity contribution is 6.30. The van der Waals surface area contributed by atoms with Gasteiger partial charge in [-0.3, -0.25) is 9.48 Å². The predicted octanol–water partition coefficient (Wildman–Crippen LogP) is 3.84. The fourth-order valence-corrected chi connectivity index (χ4v) is 2.96. The average molecular weight is 359 g/mol. The van der Waals surface area contributed by atoms with Gasteiger partial charge in [0.15, 0.2) is 0 Å². The van der Waals surface area contributed by atoms with Crippen LogP contribution in [0.1, 0.15) is 40.3 Å². The van der Waals surface area contributed by atoms with Gasteiger partial charge in [0.25, 0.3) is 5.91 Å². The lowest BCUT2D eigenvalue weighted by atomic mass is 10.0. The highest BCUT2D eigenvalue weighted by atomic mass is 35.5. The summed E-state index contributed by atoms with van der Waals surface area (Å²) in [6.07, 6.45) is 1.90. The maximum absolute atomic E-state index is 12.8. The first-order chi connectivity index (χ1) is 11.9. The molecule has 3 rings (SSSR count). The van der Waals surface area contributed by atoms with Crippen molar-refractivity contribution in [2.45, 2.75) is 26.8 Å². The lowest BCUT2D eigenvalue weighted by Crippen LogP contribution is -2.27. The standard InChI is InChI=1S/C18H19ClN4O2/c1-10(15-9-23(4)21-11(15)2)20-18(24)16-12(3)25-22-17(16)13-5-7-14(19)8-6-13/h5-10H,1-4H3,(H,20,24)/t10-/m1/s1. The average Bonchev–Trinajstić information content (AvgIpc) is 3.10. The first kappa shape index (κ1) is 17.2. The summed E-state index contributed by atoms with van der Waals surface area (Å²) in [6, 6.07) is 6.94. The van der Waals surface area contributed by atoms with Crippen molar-refractivity contribution < 1.29 is 9.32 Å². The molecule has 1 atom stereocenters. The van der Waals surface area contributed by atoms with Crippen molar-refractivity contribution in [3.05, 3.63) is 58.1 Å². The van der Waals surface area contributed by atoms with Crippen molar-refractivity contribution in [2.75, 3.05) is 0 Å². The zero-order valence-corrected chi connectivity index (χ0v) is 15.3. The Morgan fingerprint density at radius 1 is 1.28 bits per heavy atom. The number of aromatic nitrogens is 3. The first-order valence-electron chi connectivity index (χ1n) is 7.90. The van der Waals surface area contributed by atoms with Gasteiger partial charge < -0.3 is 9.84 Å². The quantitative estimate of drug-likeness (QED) is 0.769. The third-order valence-electron chi connectivity index (χ3n) is 4.07. The van der Waals surface area contributed by atoms with E-state index in [2.05, 4.69) is 15.6 Å². The molecule has 0 aliphatic carbocycles. The predicted molar refractivity (Wildman–Crippen MR) is 95.5 cm³/mol. The first-order valence-corrected chi connectivity index (χ1v) is 8.28. The third-order valence-corrected chi connectivity index (χ3v) is 4.32. The minimum Gasteiger partial charge on any atom is -0.360 e. The molecule has 0 saturated carbocycles. The van der Waals surface area contributed by atoms with Crippen molar-refractivity contribution in [3.63, 3.8) is 0 Å². The molecule has 2 heterocycles. The Kier molecular flexibility index (Phi) is 4.63. The Hall–Kier alpha value is -2.60. The van der Waals surface area contributed by atoms with E-state index in [0.29, 0.717) is 22.0 Å². The molecule has 0 aliphatic heterocycles. The smallest absolute Gasteiger partial charge is 0.257 e. The summed E-state index contributed by atoms with van der Waals surface area (Å²) in [5, 5.41) is 12.0. The SMILES string of the molecule is Cc1nn(C)cc1[C@@H](C)NC(=O)c1c(-c2ccc(Cl)cc2)noc1C. The van der Waals surface area contributed by atoms with Crippen LogP contribution in [-0.2, 0) is 7.05 Å². The van der Waals surface area contributed by atoms with Gasteiger partial charge >= 0.3 is 0 Å². The summed E-state index contributed by atoms with van der Waals surface area (Å²) >= 11 is 5.93. The molecule has 0 bridgehead atoms. The Balaban J connectivity index is 1.89. The summed E-state index contributed by atoms with van der Waals surface area (Å²) in [7, 11) is 1.85. The molecule has 25 heavy (non-hydrogen) atoms. The second-order valence-corrected chi connectivity index (χ2v) is 6.44. The molecular formula is C18H19ClN4O2. The van der Waals surface area contributed by atoms with Crippen LogP contribution < -0.4 is 5.32 Å². The lowest BCUT2D eigenvalue weighted by molar-refractivity contribution is 0.0939. The molecule has 0 unspecified atom stereocenters. The van der Waals surface area contributed by atoms with Crippen LogP contribution in [0, 0.1) is 13.8 Å². The zero-order valence-electron chi connectivity index (χ0n) is 14.5. The van der Waals surface area contributed by atoms with Gasteiger partial charge in [0.1, 0.15) is 17.0 Å². The van der Waals surface area contributed by atoms with Gasteiger partial charge in [-0.05, 0) is 32.9 Å². The molecule has 0 fully saturated rings. The molecule has 0 saturated heterocycles. The maximum Gasteiger partial charge on any atom is 0.257 e. The number of hydrogen-bond acceptors (Lipinski definition) is 4. The number of nitrogens with zero attached hydrogens (tertiary/aromatic N) is 3. The van der Waals surface area contributed by atoms with Crippen LogP contribution in [0.2, 0.25) is 5.02 Å². The Bertz CT molecular complexity index is 912. The van der Waals surface area contributed by atoms with E-state index >= 15 is 0 Å². The lowest BCUT2D eigenvalue weighted by Gasteiger charge is -2.13. The second kappa shape index (κ2) is 6.72. The molecule has 3 aromatic rings. The van der Waals surface area contributed by atoms with Crippen LogP contribution in [0.4, 0.5) is 0 Å². The van der Waals surface area contributed by atoms with Gasteiger partial charge in [-0.2, -0.15) is 5.10 Å². The molecule has 2 aromatic heterocycles. The monoisotopic (exact) mass is 358 g/mol. The molecule has 0 aliphatic rings. The van der Waals surface area contributed by atoms with Gasteiger partial charge in [-0.1, -0.05) is 28.9 Å². The number of carbonyl (C=O) groups is 1. The fraction of sp³-hybridized carbons (Fsp3) is 0.278. The summed E-state index contributed by atoms with van der Waals surface area (Å²) < 4.78 is 6.99. The van der Waals surface area contributed by atoms with E-state index in [1.165, 1.54) is 0 Å². The number of amides is 1. The van der Waals surface area contributed by atoms with E-state index < -0.39 is 0 Å². The van der Waals surface area contributed by atoms with Crippen LogP contribution in [0.5, 0.6) is 0 Å². The number of hydrogen-bond donors (Lipinski definition) is 1. The molecule has 0 spiro atoms. The van der Waals surface area contributed by atoms with Crippen LogP contribution in [-0.4, -0.2) is 20.8 Å². The minimum atomic E-state index is -0.237.